The van der Waals surface area contributed by atoms with E-state index in [9.17, 15) is 4.79 Å². The van der Waals surface area contributed by atoms with Crippen LogP contribution in [0.4, 0.5) is 5.82 Å². The Morgan fingerprint density at radius 3 is 2.82 bits per heavy atom. The zero-order chi connectivity index (χ0) is 25.5. The molecule has 200 valence electrons. The summed E-state index contributed by atoms with van der Waals surface area (Å²) in [5.41, 5.74) is 4.58. The van der Waals surface area contributed by atoms with Gasteiger partial charge in [-0.1, -0.05) is 36.4 Å². The fraction of sp³-hybridized carbons (Fsp3) is 0.379. The lowest BCUT2D eigenvalue weighted by Gasteiger charge is -2.17. The van der Waals surface area contributed by atoms with Gasteiger partial charge in [-0.25, -0.2) is 15.0 Å². The van der Waals surface area contributed by atoms with Crippen LogP contribution in [0.1, 0.15) is 58.9 Å². The van der Waals surface area contributed by atoms with Gasteiger partial charge in [0.2, 0.25) is 0 Å². The maximum Gasteiger partial charge on any atom is 0.306 e. The number of aromatic nitrogens is 3. The van der Waals surface area contributed by atoms with Gasteiger partial charge in [-0.3, -0.25) is 4.79 Å². The number of rotatable bonds is 11. The van der Waals surface area contributed by atoms with Crippen LogP contribution in [0.2, 0.25) is 0 Å². The normalized spacial score (nSPS) is 13.2. The maximum absolute atomic E-state index is 12.4. The van der Waals surface area contributed by atoms with Crippen LogP contribution in [-0.4, -0.2) is 34.1 Å². The number of carbonyl (C=O) groups is 1. The molecular weight excluding hydrogens is 536 g/mol. The predicted octanol–water partition coefficient (Wildman–Crippen LogP) is 6.90. The van der Waals surface area contributed by atoms with Gasteiger partial charge in [0.1, 0.15) is 10.8 Å². The van der Waals surface area contributed by atoms with E-state index in [1.54, 1.807) is 22.7 Å². The fourth-order valence-corrected chi connectivity index (χ4v) is 6.50. The van der Waals surface area contributed by atoms with Crippen LogP contribution in [0.5, 0.6) is 0 Å². The highest BCUT2D eigenvalue weighted by atomic mass is 35.5. The summed E-state index contributed by atoms with van der Waals surface area (Å²) in [7, 11) is 0. The van der Waals surface area contributed by atoms with E-state index in [0.717, 1.165) is 69.9 Å². The van der Waals surface area contributed by atoms with Crippen LogP contribution in [-0.2, 0) is 35.2 Å². The summed E-state index contributed by atoms with van der Waals surface area (Å²) in [6.45, 7) is 3.24. The van der Waals surface area contributed by atoms with Crippen LogP contribution < -0.4 is 5.32 Å². The molecule has 1 aliphatic rings. The topological polar surface area (TPSA) is 77.0 Å². The van der Waals surface area contributed by atoms with Crippen LogP contribution >= 0.6 is 35.1 Å². The van der Waals surface area contributed by atoms with E-state index in [1.165, 1.54) is 12.0 Å². The number of ether oxygens (including phenoxy) is 1. The second-order valence-corrected chi connectivity index (χ2v) is 11.3. The number of anilines is 1. The molecule has 0 radical (unpaired) electrons. The fourth-order valence-electron chi connectivity index (χ4n) is 4.62. The van der Waals surface area contributed by atoms with Crippen LogP contribution in [0.15, 0.2) is 54.0 Å². The van der Waals surface area contributed by atoms with E-state index in [4.69, 9.17) is 14.7 Å². The van der Waals surface area contributed by atoms with E-state index in [2.05, 4.69) is 39.9 Å². The number of esters is 1. The largest absolute Gasteiger partial charge is 0.466 e. The molecule has 1 aromatic carbocycles. The summed E-state index contributed by atoms with van der Waals surface area (Å²) in [5.74, 6) is 0.882. The average Bonchev–Trinajstić information content (AvgIpc) is 3.59. The van der Waals surface area contributed by atoms with E-state index >= 15 is 0 Å². The van der Waals surface area contributed by atoms with Crippen LogP contribution in [0, 0.1) is 0 Å². The first kappa shape index (κ1) is 28.2. The second kappa shape index (κ2) is 13.8. The Hall–Kier alpha value is -2.81. The molecule has 0 spiro atoms. The smallest absolute Gasteiger partial charge is 0.306 e. The first-order valence-corrected chi connectivity index (χ1v) is 14.7. The van der Waals surface area contributed by atoms with Crippen molar-refractivity contribution in [2.24, 2.45) is 0 Å². The summed E-state index contributed by atoms with van der Waals surface area (Å²) in [6, 6.07) is 14.5. The molecule has 6 nitrogen and oxygen atoms in total. The van der Waals surface area contributed by atoms with Gasteiger partial charge < -0.3 is 10.1 Å². The van der Waals surface area contributed by atoms with Crippen molar-refractivity contribution in [3.63, 3.8) is 0 Å². The van der Waals surface area contributed by atoms with Crippen molar-refractivity contribution in [3.05, 3.63) is 80.9 Å². The molecule has 38 heavy (non-hydrogen) atoms. The third-order valence-corrected chi connectivity index (χ3v) is 8.66. The standard InChI is InChI=1S/C29H32N4O2S2.ClH/c1-2-35-27(34)17-22(25-18-31-29(37-25)21-8-4-3-5-9-21)16-24-19-36-26(32-24)12-6-11-23-14-13-20-10-7-15-30-28(20)33-23;/h3-5,8-9,13-14,18-19,22H,2,6-7,10-12,15-17H2,1H3,(H,30,33);1H. The SMILES string of the molecule is CCOC(=O)CC(Cc1csc(CCCc2ccc3c(n2)NCCC3)n1)c1cnc(-c2ccccc2)s1.Cl. The van der Waals surface area contributed by atoms with Gasteiger partial charge in [0, 0.05) is 40.2 Å². The Morgan fingerprint density at radius 2 is 1.97 bits per heavy atom. The molecule has 9 heteroatoms. The summed E-state index contributed by atoms with van der Waals surface area (Å²) in [4.78, 5) is 27.9. The molecule has 4 aromatic rings. The second-order valence-electron chi connectivity index (χ2n) is 9.27. The molecule has 0 bridgehead atoms. The van der Waals surface area contributed by atoms with Crippen molar-refractivity contribution in [3.8, 4) is 10.6 Å². The highest BCUT2D eigenvalue weighted by Crippen LogP contribution is 2.34. The molecule has 4 heterocycles. The van der Waals surface area contributed by atoms with Gasteiger partial charge in [-0.15, -0.1) is 35.1 Å². The monoisotopic (exact) mass is 568 g/mol. The third kappa shape index (κ3) is 7.40. The van der Waals surface area contributed by atoms with E-state index < -0.39 is 0 Å². The number of pyridine rings is 1. The molecule has 1 N–H and O–H groups in total. The number of carbonyl (C=O) groups excluding carboxylic acids is 1. The predicted molar refractivity (Wildman–Crippen MR) is 158 cm³/mol. The number of benzene rings is 1. The van der Waals surface area contributed by atoms with E-state index in [0.29, 0.717) is 19.4 Å². The lowest BCUT2D eigenvalue weighted by Crippen LogP contribution is -2.14. The third-order valence-electron chi connectivity index (χ3n) is 6.50. The minimum absolute atomic E-state index is 0. The molecule has 1 atom stereocenters. The van der Waals surface area contributed by atoms with Crippen molar-refractivity contribution in [1.29, 1.82) is 0 Å². The highest BCUT2D eigenvalue weighted by molar-refractivity contribution is 7.15. The van der Waals surface area contributed by atoms with Gasteiger partial charge in [0.05, 0.1) is 23.7 Å². The Bertz CT molecular complexity index is 1330. The lowest BCUT2D eigenvalue weighted by molar-refractivity contribution is -0.143. The first-order valence-electron chi connectivity index (χ1n) is 13.0. The molecule has 1 unspecified atom stereocenters. The van der Waals surface area contributed by atoms with Crippen LogP contribution in [0.3, 0.4) is 0 Å². The summed E-state index contributed by atoms with van der Waals surface area (Å²) in [6.07, 6.45) is 8.11. The maximum atomic E-state index is 12.4. The lowest BCUT2D eigenvalue weighted by atomic mass is 9.98. The highest BCUT2D eigenvalue weighted by Gasteiger charge is 2.22. The zero-order valence-electron chi connectivity index (χ0n) is 21.5. The molecular formula is C29H33ClN4O2S2. The van der Waals surface area contributed by atoms with E-state index in [-0.39, 0.29) is 24.3 Å². The number of aryl methyl sites for hydroxylation is 3. The van der Waals surface area contributed by atoms with Crippen molar-refractivity contribution in [2.45, 2.75) is 57.8 Å². The number of halogens is 1. The molecule has 3 aromatic heterocycles. The van der Waals surface area contributed by atoms with Gasteiger partial charge in [-0.05, 0) is 57.1 Å². The molecule has 5 rings (SSSR count). The number of thiazole rings is 2. The Morgan fingerprint density at radius 1 is 1.11 bits per heavy atom. The summed E-state index contributed by atoms with van der Waals surface area (Å²) in [5, 5.41) is 7.65. The van der Waals surface area contributed by atoms with Gasteiger partial charge >= 0.3 is 5.97 Å². The molecule has 1 aliphatic heterocycles. The summed E-state index contributed by atoms with van der Waals surface area (Å²) >= 11 is 3.35. The number of nitrogens with zero attached hydrogens (tertiary/aromatic N) is 3. The average molecular weight is 569 g/mol. The number of nitrogens with one attached hydrogen (secondary N) is 1. The van der Waals surface area contributed by atoms with Gasteiger partial charge in [0.15, 0.2) is 0 Å². The van der Waals surface area contributed by atoms with Gasteiger partial charge in [0.25, 0.3) is 0 Å². The Kier molecular flexibility index (Phi) is 10.3. The van der Waals surface area contributed by atoms with Crippen molar-refractivity contribution in [2.75, 3.05) is 18.5 Å². The minimum atomic E-state index is -0.176. The van der Waals surface area contributed by atoms with Crippen molar-refractivity contribution >= 4 is 46.9 Å². The Balaban J connectivity index is 0.00000336. The Labute approximate surface area is 238 Å². The quantitative estimate of drug-likeness (QED) is 0.198. The first-order chi connectivity index (χ1) is 18.2. The molecule has 0 amide bonds. The molecule has 0 aliphatic carbocycles. The number of fused-ring (bicyclic) bond motifs is 1. The zero-order valence-corrected chi connectivity index (χ0v) is 24.0. The number of hydrogen-bond acceptors (Lipinski definition) is 8. The van der Waals surface area contributed by atoms with Crippen LogP contribution in [0.25, 0.3) is 10.6 Å². The molecule has 0 fully saturated rings. The van der Waals surface area contributed by atoms with E-state index in [1.807, 2.05) is 31.3 Å². The summed E-state index contributed by atoms with van der Waals surface area (Å²) < 4.78 is 5.28. The number of hydrogen-bond donors (Lipinski definition) is 1. The molecule has 0 saturated heterocycles. The van der Waals surface area contributed by atoms with Crippen molar-refractivity contribution in [1.82, 2.24) is 15.0 Å². The molecule has 0 saturated carbocycles. The van der Waals surface area contributed by atoms with Gasteiger partial charge in [-0.2, -0.15) is 0 Å². The minimum Gasteiger partial charge on any atom is -0.466 e. The van der Waals surface area contributed by atoms with Crippen molar-refractivity contribution < 1.29 is 9.53 Å².